The second-order valence-corrected chi connectivity index (χ2v) is 24.3. The topological polar surface area (TPSA) is 19.6 Å². The van der Waals surface area contributed by atoms with Gasteiger partial charge in [0.2, 0.25) is 5.88 Å². The van der Waals surface area contributed by atoms with Crippen LogP contribution in [0.15, 0.2) is 180 Å². The summed E-state index contributed by atoms with van der Waals surface area (Å²) < 4.78 is 7.75. The lowest BCUT2D eigenvalue weighted by Gasteiger charge is -2.52. The summed E-state index contributed by atoms with van der Waals surface area (Å²) in [7, 11) is 0. The van der Waals surface area contributed by atoms with E-state index < -0.39 is 5.41 Å². The van der Waals surface area contributed by atoms with Crippen molar-refractivity contribution in [3.8, 4) is 22.3 Å². The molecule has 4 aliphatic rings. The lowest BCUT2D eigenvalue weighted by molar-refractivity contribution is 0.332. The van der Waals surface area contributed by atoms with Crippen LogP contribution < -0.4 is 20.6 Å². The summed E-state index contributed by atoms with van der Waals surface area (Å²) in [5, 5.41) is 1.20. The SMILES string of the molecule is CC(C)(C)c1ccc(N2c3cc(C(C)(C)C)cc4c3B(c3c2oc2cc5c(cc32)C(C)(C)CCC5(C)C)N2c3ccccc3C(c3ccccc3)(c3ccccc3)c3cccc-4c32)c(-c2ccccc2)c1. The van der Waals surface area contributed by atoms with Crippen LogP contribution in [0.25, 0.3) is 33.2 Å². The molecule has 4 heterocycles. The monoisotopic (exact) mass is 923 g/mol. The van der Waals surface area contributed by atoms with Crippen molar-refractivity contribution < 1.29 is 4.42 Å². The van der Waals surface area contributed by atoms with Gasteiger partial charge in [0.1, 0.15) is 5.58 Å². The van der Waals surface area contributed by atoms with Crippen LogP contribution in [0.3, 0.4) is 0 Å². The van der Waals surface area contributed by atoms with Crippen LogP contribution >= 0.6 is 0 Å². The Morgan fingerprint density at radius 3 is 1.69 bits per heavy atom. The molecule has 4 heteroatoms. The molecule has 3 aliphatic heterocycles. The van der Waals surface area contributed by atoms with Crippen molar-refractivity contribution in [1.82, 2.24) is 0 Å². The molecule has 0 radical (unpaired) electrons. The summed E-state index contributed by atoms with van der Waals surface area (Å²) in [6.45, 7) is 23.6. The molecule has 3 nitrogen and oxygen atoms in total. The van der Waals surface area contributed by atoms with Crippen LogP contribution in [0.5, 0.6) is 0 Å². The molecule has 1 aliphatic carbocycles. The first-order chi connectivity index (χ1) is 34.0. The fourth-order valence-corrected chi connectivity index (χ4v) is 13.2. The van der Waals surface area contributed by atoms with Gasteiger partial charge in [-0.2, -0.15) is 0 Å². The van der Waals surface area contributed by atoms with Gasteiger partial charge in [-0.05, 0) is 132 Å². The van der Waals surface area contributed by atoms with E-state index in [1.54, 1.807) is 0 Å². The summed E-state index contributed by atoms with van der Waals surface area (Å²) >= 11 is 0. The Balaban J connectivity index is 1.22. The smallest absolute Gasteiger partial charge is 0.337 e. The van der Waals surface area contributed by atoms with Crippen molar-refractivity contribution in [3.63, 3.8) is 0 Å². The molecule has 0 saturated heterocycles. The molecular weight excluding hydrogens is 860 g/mol. The molecule has 13 rings (SSSR count). The van der Waals surface area contributed by atoms with Crippen LogP contribution in [0.4, 0.5) is 28.6 Å². The highest BCUT2D eigenvalue weighted by molar-refractivity contribution is 6.95. The number of anilines is 5. The first-order valence-electron chi connectivity index (χ1n) is 25.9. The fourth-order valence-electron chi connectivity index (χ4n) is 13.2. The number of rotatable bonds is 4. The predicted octanol–water partition coefficient (Wildman–Crippen LogP) is 16.4. The molecule has 1 aromatic heterocycles. The van der Waals surface area contributed by atoms with E-state index in [0.29, 0.717) is 0 Å². The minimum absolute atomic E-state index is 0.000518. The van der Waals surface area contributed by atoms with Gasteiger partial charge in [0.05, 0.1) is 11.1 Å². The van der Waals surface area contributed by atoms with Crippen LogP contribution in [-0.4, -0.2) is 6.85 Å². The van der Waals surface area contributed by atoms with Crippen LogP contribution in [-0.2, 0) is 27.1 Å². The molecule has 0 N–H and O–H groups in total. The Morgan fingerprint density at radius 2 is 1.04 bits per heavy atom. The van der Waals surface area contributed by atoms with Crippen molar-refractivity contribution in [3.05, 3.63) is 220 Å². The molecule has 0 spiro atoms. The number of benzene rings is 8. The van der Waals surface area contributed by atoms with Crippen molar-refractivity contribution in [2.75, 3.05) is 9.71 Å². The van der Waals surface area contributed by atoms with Crippen LogP contribution in [0, 0.1) is 0 Å². The molecule has 9 aromatic rings. The lowest BCUT2D eigenvalue weighted by Crippen LogP contribution is -2.63. The quantitative estimate of drug-likeness (QED) is 0.164. The third-order valence-corrected chi connectivity index (χ3v) is 17.1. The van der Waals surface area contributed by atoms with Gasteiger partial charge in [0.15, 0.2) is 0 Å². The Hall–Kier alpha value is -7.04. The minimum atomic E-state index is -0.598. The van der Waals surface area contributed by atoms with Crippen molar-refractivity contribution in [1.29, 1.82) is 0 Å². The molecule has 0 amide bonds. The Bertz CT molecular complexity index is 3590. The molecule has 71 heavy (non-hydrogen) atoms. The summed E-state index contributed by atoms with van der Waals surface area (Å²) in [6.07, 6.45) is 2.27. The largest absolute Gasteiger partial charge is 0.440 e. The van der Waals surface area contributed by atoms with E-state index in [9.17, 15) is 0 Å². The van der Waals surface area contributed by atoms with Gasteiger partial charge in [-0.3, -0.25) is 4.90 Å². The van der Waals surface area contributed by atoms with Gasteiger partial charge in [-0.25, -0.2) is 0 Å². The third-order valence-electron chi connectivity index (χ3n) is 17.1. The Kier molecular flexibility index (Phi) is 9.28. The number of para-hydroxylation sites is 2. The van der Waals surface area contributed by atoms with E-state index in [4.69, 9.17) is 4.42 Å². The normalized spacial score (nSPS) is 16.7. The summed E-state index contributed by atoms with van der Waals surface area (Å²) in [5.41, 5.74) is 22.9. The first-order valence-corrected chi connectivity index (χ1v) is 25.9. The maximum Gasteiger partial charge on any atom is 0.337 e. The maximum absolute atomic E-state index is 7.75. The second-order valence-electron chi connectivity index (χ2n) is 24.3. The minimum Gasteiger partial charge on any atom is -0.440 e. The molecular formula is C67H63BN2O. The molecule has 0 fully saturated rings. The molecule has 8 aromatic carbocycles. The van der Waals surface area contributed by atoms with E-state index in [1.165, 1.54) is 100 Å². The summed E-state index contributed by atoms with van der Waals surface area (Å²) in [5.74, 6) is 0.898. The number of furan rings is 1. The molecule has 350 valence electrons. The highest BCUT2D eigenvalue weighted by Gasteiger charge is 2.55. The van der Waals surface area contributed by atoms with E-state index in [0.717, 1.165) is 30.0 Å². The average molecular weight is 923 g/mol. The predicted molar refractivity (Wildman–Crippen MR) is 300 cm³/mol. The number of nitrogens with zero attached hydrogens (tertiary/aromatic N) is 2. The number of hydrogen-bond acceptors (Lipinski definition) is 3. The average Bonchev–Trinajstić information content (AvgIpc) is 3.75. The van der Waals surface area contributed by atoms with Crippen molar-refractivity contribution in [2.24, 2.45) is 0 Å². The summed E-state index contributed by atoms with van der Waals surface area (Å²) in [6, 6.07) is 67.2. The Morgan fingerprint density at radius 1 is 0.465 bits per heavy atom. The molecule has 0 unspecified atom stereocenters. The Labute approximate surface area is 421 Å². The highest BCUT2D eigenvalue weighted by atomic mass is 16.4. The zero-order valence-corrected chi connectivity index (χ0v) is 43.0. The summed E-state index contributed by atoms with van der Waals surface area (Å²) in [4.78, 5) is 5.28. The molecule has 0 bridgehead atoms. The highest BCUT2D eigenvalue weighted by Crippen LogP contribution is 2.61. The fraction of sp³-hybridized carbons (Fsp3) is 0.254. The third kappa shape index (κ3) is 6.22. The zero-order chi connectivity index (χ0) is 49.0. The first kappa shape index (κ1) is 43.9. The lowest BCUT2D eigenvalue weighted by atomic mass is 9.42. The van der Waals surface area contributed by atoms with Gasteiger partial charge < -0.3 is 9.23 Å². The standard InChI is InChI=1S/C67H63BN2O/c1-63(2,3)45-33-34-55(48(37-45)42-23-14-11-15-24-42)69-57-39-46(64(4,5)6)38-49-47-29-22-31-52-61(47)70(56-32-21-20-30-51(56)67(52,43-25-16-12-17-26-43)44-27-18-13-19-28-44)68(59(49)57)60-50-40-53-54(41-58(50)71-62(60)69)66(9,10)36-35-65(53,7)8/h11-34,37-41H,35-36H2,1-10H3. The van der Waals surface area contributed by atoms with E-state index in [2.05, 4.69) is 255 Å². The maximum atomic E-state index is 7.75. The number of hydrogen-bond donors (Lipinski definition) is 0. The van der Waals surface area contributed by atoms with Gasteiger partial charge >= 0.3 is 6.85 Å². The van der Waals surface area contributed by atoms with Gasteiger partial charge in [-0.1, -0.05) is 209 Å². The number of fused-ring (bicyclic) bond motifs is 9. The van der Waals surface area contributed by atoms with E-state index >= 15 is 0 Å². The zero-order valence-electron chi connectivity index (χ0n) is 43.0. The second kappa shape index (κ2) is 15.0. The van der Waals surface area contributed by atoms with Crippen LogP contribution in [0.2, 0.25) is 0 Å². The molecule has 0 saturated carbocycles. The van der Waals surface area contributed by atoms with E-state index in [1.807, 2.05) is 0 Å². The van der Waals surface area contributed by atoms with Gasteiger partial charge in [-0.15, -0.1) is 0 Å². The van der Waals surface area contributed by atoms with E-state index in [-0.39, 0.29) is 28.5 Å². The molecule has 0 atom stereocenters. The van der Waals surface area contributed by atoms with Crippen molar-refractivity contribution >= 4 is 57.4 Å². The van der Waals surface area contributed by atoms with Gasteiger partial charge in [0, 0.05) is 39.0 Å². The van der Waals surface area contributed by atoms with Crippen molar-refractivity contribution in [2.45, 2.75) is 109 Å². The van der Waals surface area contributed by atoms with Gasteiger partial charge in [0.25, 0.3) is 0 Å². The van der Waals surface area contributed by atoms with Crippen LogP contribution in [0.1, 0.15) is 127 Å².